The lowest BCUT2D eigenvalue weighted by atomic mass is 9.95. The van der Waals surface area contributed by atoms with Gasteiger partial charge in [0.05, 0.1) is 11.0 Å². The molecule has 0 N–H and O–H groups in total. The first-order valence-corrected chi connectivity index (χ1v) is 27.2. The highest BCUT2D eigenvalue weighted by atomic mass is 28.3. The van der Waals surface area contributed by atoms with Crippen molar-refractivity contribution < 1.29 is 0 Å². The fraction of sp³-hybridized carbons (Fsp3) is 0. The second-order valence-electron chi connectivity index (χ2n) is 18.8. The molecule has 0 saturated heterocycles. The summed E-state index contributed by atoms with van der Waals surface area (Å²) in [5, 5.41) is 10.4. The molecule has 0 aliphatic heterocycles. The molecular formula is C70H50N2Si. The molecule has 344 valence electrons. The van der Waals surface area contributed by atoms with Gasteiger partial charge in [-0.25, -0.2) is 0 Å². The van der Waals surface area contributed by atoms with Crippen LogP contribution in [-0.4, -0.2) is 12.6 Å². The fourth-order valence-electron chi connectivity index (χ4n) is 11.4. The Morgan fingerprint density at radius 3 is 1.41 bits per heavy atom. The number of benzene rings is 12. The van der Waals surface area contributed by atoms with Gasteiger partial charge in [-0.3, -0.25) is 0 Å². The van der Waals surface area contributed by atoms with Gasteiger partial charge in [0, 0.05) is 33.5 Å². The quantitative estimate of drug-likeness (QED) is 0.0926. The van der Waals surface area contributed by atoms with Crippen LogP contribution in [0.25, 0.3) is 71.6 Å². The van der Waals surface area contributed by atoms with Crippen molar-refractivity contribution in [3.63, 3.8) is 0 Å². The van der Waals surface area contributed by atoms with Crippen LogP contribution in [0.3, 0.4) is 0 Å². The van der Waals surface area contributed by atoms with Crippen molar-refractivity contribution in [3.05, 3.63) is 303 Å². The summed E-state index contributed by atoms with van der Waals surface area (Å²) in [7, 11) is -2.75. The van der Waals surface area contributed by atoms with Gasteiger partial charge in [0.25, 0.3) is 0 Å². The van der Waals surface area contributed by atoms with Crippen molar-refractivity contribution in [1.29, 1.82) is 0 Å². The first-order chi connectivity index (χ1) is 36.2. The Morgan fingerprint density at radius 2 is 0.740 bits per heavy atom. The van der Waals surface area contributed by atoms with E-state index in [1.54, 1.807) is 0 Å². The number of hydrogen-bond donors (Lipinski definition) is 0. The summed E-state index contributed by atoms with van der Waals surface area (Å²) in [5.41, 5.74) is 13.9. The minimum atomic E-state index is -2.75. The molecule has 1 heterocycles. The lowest BCUT2D eigenvalue weighted by Crippen LogP contribution is -2.74. The molecule has 0 spiro atoms. The second kappa shape index (κ2) is 18.8. The highest BCUT2D eigenvalue weighted by Crippen LogP contribution is 2.42. The van der Waals surface area contributed by atoms with Crippen molar-refractivity contribution in [2.24, 2.45) is 0 Å². The van der Waals surface area contributed by atoms with Gasteiger partial charge in [-0.15, -0.1) is 0 Å². The number of rotatable bonds is 11. The summed E-state index contributed by atoms with van der Waals surface area (Å²) in [4.78, 5) is 2.42. The minimum absolute atomic E-state index is 1.08. The summed E-state index contributed by atoms with van der Waals surface area (Å²) < 4.78 is 2.40. The normalized spacial score (nSPS) is 11.6. The third-order valence-electron chi connectivity index (χ3n) is 14.7. The summed E-state index contributed by atoms with van der Waals surface area (Å²) in [6.07, 6.45) is 0. The van der Waals surface area contributed by atoms with Crippen LogP contribution in [0.5, 0.6) is 0 Å². The standard InChI is InChI=1S/C70H50N2Si/c1-5-26-56(27-6-1)72-68-39-16-15-36-67(68)70-66(38-20-40-69(70)72)55-25-18-28-59(50-55)71(57-43-41-51(42-44-57)53-23-17-24-54(49-53)65-37-19-22-52-21-13-14-35-64(52)65)58-45-47-63(48-46-58)73(60-29-7-2-8-30-60,61-31-9-3-10-32-61)62-33-11-4-12-34-62/h1-50H. The minimum Gasteiger partial charge on any atom is -0.310 e. The van der Waals surface area contributed by atoms with Gasteiger partial charge in [-0.05, 0) is 132 Å². The predicted molar refractivity (Wildman–Crippen MR) is 313 cm³/mol. The predicted octanol–water partition coefficient (Wildman–Crippen LogP) is 15.8. The van der Waals surface area contributed by atoms with Gasteiger partial charge in [0.15, 0.2) is 8.07 Å². The van der Waals surface area contributed by atoms with Crippen molar-refractivity contribution >= 4 is 78.5 Å². The molecular weight excluding hydrogens is 897 g/mol. The molecule has 2 nitrogen and oxygen atoms in total. The van der Waals surface area contributed by atoms with Crippen LogP contribution in [0.2, 0.25) is 0 Å². The summed E-state index contributed by atoms with van der Waals surface area (Å²) >= 11 is 0. The molecule has 0 unspecified atom stereocenters. The fourth-order valence-corrected chi connectivity index (χ4v) is 16.2. The average Bonchev–Trinajstić information content (AvgIpc) is 3.82. The molecule has 0 aliphatic carbocycles. The first kappa shape index (κ1) is 43.7. The Balaban J connectivity index is 0.964. The lowest BCUT2D eigenvalue weighted by Gasteiger charge is -2.35. The molecule has 0 aliphatic rings. The van der Waals surface area contributed by atoms with Crippen LogP contribution < -0.4 is 25.6 Å². The molecule has 3 heteroatoms. The molecule has 13 aromatic rings. The Bertz CT molecular complexity index is 3950. The van der Waals surface area contributed by atoms with E-state index in [4.69, 9.17) is 0 Å². The number of hydrogen-bond acceptors (Lipinski definition) is 1. The lowest BCUT2D eigenvalue weighted by molar-refractivity contribution is 1.18. The van der Waals surface area contributed by atoms with Crippen LogP contribution in [0.15, 0.2) is 303 Å². The van der Waals surface area contributed by atoms with E-state index >= 15 is 0 Å². The second-order valence-corrected chi connectivity index (χ2v) is 22.6. The third-order valence-corrected chi connectivity index (χ3v) is 19.5. The number of para-hydroxylation sites is 2. The van der Waals surface area contributed by atoms with Crippen molar-refractivity contribution in [2.45, 2.75) is 0 Å². The smallest absolute Gasteiger partial charge is 0.179 e. The highest BCUT2D eigenvalue weighted by Gasteiger charge is 2.41. The molecule has 13 rings (SSSR count). The number of aromatic nitrogens is 1. The molecule has 0 fully saturated rings. The Morgan fingerprint density at radius 1 is 0.274 bits per heavy atom. The van der Waals surface area contributed by atoms with Gasteiger partial charge in [0.1, 0.15) is 0 Å². The number of fused-ring (bicyclic) bond motifs is 4. The van der Waals surface area contributed by atoms with Crippen LogP contribution in [0.1, 0.15) is 0 Å². The number of nitrogens with zero attached hydrogens (tertiary/aromatic N) is 2. The van der Waals surface area contributed by atoms with E-state index < -0.39 is 8.07 Å². The maximum Gasteiger partial charge on any atom is 0.179 e. The van der Waals surface area contributed by atoms with Crippen molar-refractivity contribution in [3.8, 4) is 39.1 Å². The molecule has 0 bridgehead atoms. The van der Waals surface area contributed by atoms with Gasteiger partial charge in [-0.1, -0.05) is 237 Å². The maximum absolute atomic E-state index is 2.75. The van der Waals surface area contributed by atoms with E-state index in [2.05, 4.69) is 313 Å². The zero-order valence-electron chi connectivity index (χ0n) is 40.3. The van der Waals surface area contributed by atoms with Crippen molar-refractivity contribution in [2.75, 3.05) is 4.90 Å². The van der Waals surface area contributed by atoms with Crippen LogP contribution in [0.4, 0.5) is 17.1 Å². The summed E-state index contributed by atoms with van der Waals surface area (Å²) in [5.74, 6) is 0. The molecule has 0 saturated carbocycles. The van der Waals surface area contributed by atoms with E-state index in [0.29, 0.717) is 0 Å². The Hall–Kier alpha value is -9.28. The Kier molecular flexibility index (Phi) is 11.3. The summed E-state index contributed by atoms with van der Waals surface area (Å²) in [6, 6.07) is 112. The first-order valence-electron chi connectivity index (χ1n) is 25.2. The molecule has 0 amide bonds. The van der Waals surface area contributed by atoms with Crippen LogP contribution in [-0.2, 0) is 0 Å². The van der Waals surface area contributed by atoms with Gasteiger partial charge in [-0.2, -0.15) is 0 Å². The van der Waals surface area contributed by atoms with Crippen LogP contribution in [0, 0.1) is 0 Å². The topological polar surface area (TPSA) is 8.17 Å². The van der Waals surface area contributed by atoms with E-state index in [1.807, 2.05) is 0 Å². The molecule has 0 radical (unpaired) electrons. The maximum atomic E-state index is 2.42. The number of anilines is 3. The highest BCUT2D eigenvalue weighted by molar-refractivity contribution is 7.19. The van der Waals surface area contributed by atoms with E-state index in [9.17, 15) is 0 Å². The SMILES string of the molecule is c1ccc(-n2c3ccccc3c3c(-c4cccc(N(c5ccc(-c6cccc(-c7cccc8ccccc78)c6)cc5)c5ccc([Si](c6ccccc6)(c6ccccc6)c6ccccc6)cc5)c4)cccc32)cc1. The zero-order chi connectivity index (χ0) is 48.6. The van der Waals surface area contributed by atoms with E-state index in [-0.39, 0.29) is 0 Å². The van der Waals surface area contributed by atoms with Gasteiger partial charge >= 0.3 is 0 Å². The summed E-state index contributed by atoms with van der Waals surface area (Å²) in [6.45, 7) is 0. The zero-order valence-corrected chi connectivity index (χ0v) is 41.3. The molecule has 0 atom stereocenters. The van der Waals surface area contributed by atoms with Gasteiger partial charge in [0.2, 0.25) is 0 Å². The monoisotopic (exact) mass is 946 g/mol. The van der Waals surface area contributed by atoms with E-state index in [1.165, 1.54) is 81.1 Å². The van der Waals surface area contributed by atoms with Gasteiger partial charge < -0.3 is 9.47 Å². The Labute approximate surface area is 428 Å². The molecule has 1 aromatic heterocycles. The van der Waals surface area contributed by atoms with E-state index in [0.717, 1.165) is 28.3 Å². The van der Waals surface area contributed by atoms with Crippen LogP contribution >= 0.6 is 0 Å². The average molecular weight is 947 g/mol. The molecule has 73 heavy (non-hydrogen) atoms. The largest absolute Gasteiger partial charge is 0.310 e. The third kappa shape index (κ3) is 7.75. The van der Waals surface area contributed by atoms with Crippen molar-refractivity contribution in [1.82, 2.24) is 4.57 Å². The molecule has 12 aromatic carbocycles.